The Hall–Kier alpha value is -0.930. The zero-order chi connectivity index (χ0) is 11.1. The fraction of sp³-hybridized carbons (Fsp3) is 0.500. The van der Waals surface area contributed by atoms with Crippen molar-refractivity contribution in [3.8, 4) is 0 Å². The number of halogens is 1. The van der Waals surface area contributed by atoms with Crippen LogP contribution in [0.2, 0.25) is 0 Å². The summed E-state index contributed by atoms with van der Waals surface area (Å²) < 4.78 is 13.1. The van der Waals surface area contributed by atoms with Gasteiger partial charge in [-0.25, -0.2) is 4.39 Å². The van der Waals surface area contributed by atoms with Gasteiger partial charge in [0.2, 0.25) is 0 Å². The van der Waals surface area contributed by atoms with E-state index in [-0.39, 0.29) is 17.3 Å². The second-order valence-corrected chi connectivity index (χ2v) is 4.76. The van der Waals surface area contributed by atoms with Crippen LogP contribution in [0, 0.1) is 18.2 Å². The molecule has 2 rings (SSSR count). The number of hydrogen-bond donors (Lipinski definition) is 2. The van der Waals surface area contributed by atoms with Crippen molar-refractivity contribution < 1.29 is 4.39 Å². The molecule has 0 saturated heterocycles. The third-order valence-electron chi connectivity index (χ3n) is 3.42. The topological polar surface area (TPSA) is 38.0 Å². The Labute approximate surface area is 89.6 Å². The standard InChI is InChI=1S/C12H17FN2/c1-8-7-9(3-4-10(8)13)11(15-14)12(2)5-6-12/h3-4,7,11,15H,5-6,14H2,1-2H3. The molecule has 1 aromatic rings. The molecular formula is C12H17FN2. The third-order valence-corrected chi connectivity index (χ3v) is 3.42. The van der Waals surface area contributed by atoms with E-state index in [2.05, 4.69) is 12.3 Å². The van der Waals surface area contributed by atoms with Crippen LogP contribution in [0.5, 0.6) is 0 Å². The van der Waals surface area contributed by atoms with E-state index in [0.717, 1.165) is 5.56 Å². The molecule has 1 aliphatic carbocycles. The number of aryl methyl sites for hydroxylation is 1. The summed E-state index contributed by atoms with van der Waals surface area (Å²) in [7, 11) is 0. The van der Waals surface area contributed by atoms with Crippen LogP contribution < -0.4 is 11.3 Å². The summed E-state index contributed by atoms with van der Waals surface area (Å²) in [5.74, 6) is 5.42. The van der Waals surface area contributed by atoms with Gasteiger partial charge >= 0.3 is 0 Å². The fourth-order valence-electron chi connectivity index (χ4n) is 2.03. The molecule has 0 heterocycles. The Morgan fingerprint density at radius 1 is 1.47 bits per heavy atom. The number of hydrazine groups is 1. The quantitative estimate of drug-likeness (QED) is 0.591. The maximum atomic E-state index is 13.1. The first-order chi connectivity index (χ1) is 7.07. The van der Waals surface area contributed by atoms with E-state index in [1.807, 2.05) is 12.1 Å². The van der Waals surface area contributed by atoms with Crippen LogP contribution in [0.4, 0.5) is 4.39 Å². The molecule has 0 bridgehead atoms. The Kier molecular flexibility index (Phi) is 2.52. The molecule has 0 aromatic heterocycles. The van der Waals surface area contributed by atoms with Gasteiger partial charge in [-0.05, 0) is 42.4 Å². The van der Waals surface area contributed by atoms with Crippen molar-refractivity contribution in [2.75, 3.05) is 0 Å². The normalized spacial score (nSPS) is 20.0. The molecule has 0 spiro atoms. The highest BCUT2D eigenvalue weighted by Crippen LogP contribution is 2.54. The second-order valence-electron chi connectivity index (χ2n) is 4.76. The Balaban J connectivity index is 2.31. The summed E-state index contributed by atoms with van der Waals surface area (Å²) in [5.41, 5.74) is 4.85. The van der Waals surface area contributed by atoms with Gasteiger partial charge in [0, 0.05) is 0 Å². The first-order valence-electron chi connectivity index (χ1n) is 5.29. The largest absolute Gasteiger partial charge is 0.271 e. The number of hydrogen-bond acceptors (Lipinski definition) is 2. The minimum absolute atomic E-state index is 0.136. The van der Waals surface area contributed by atoms with Gasteiger partial charge in [-0.3, -0.25) is 11.3 Å². The molecule has 3 N–H and O–H groups in total. The van der Waals surface area contributed by atoms with Crippen molar-refractivity contribution in [1.29, 1.82) is 0 Å². The molecule has 1 atom stereocenters. The molecule has 3 heteroatoms. The zero-order valence-electron chi connectivity index (χ0n) is 9.18. The predicted molar refractivity (Wildman–Crippen MR) is 58.5 cm³/mol. The second kappa shape index (κ2) is 3.58. The lowest BCUT2D eigenvalue weighted by molar-refractivity contribution is 0.372. The first-order valence-corrected chi connectivity index (χ1v) is 5.29. The van der Waals surface area contributed by atoms with Crippen LogP contribution in [-0.4, -0.2) is 0 Å². The van der Waals surface area contributed by atoms with Crippen LogP contribution in [0.1, 0.15) is 36.9 Å². The van der Waals surface area contributed by atoms with E-state index in [1.165, 1.54) is 18.9 Å². The van der Waals surface area contributed by atoms with E-state index >= 15 is 0 Å². The van der Waals surface area contributed by atoms with Crippen LogP contribution in [0.15, 0.2) is 18.2 Å². The number of rotatable bonds is 3. The van der Waals surface area contributed by atoms with Gasteiger partial charge in [0.1, 0.15) is 5.82 Å². The van der Waals surface area contributed by atoms with Gasteiger partial charge in [0.25, 0.3) is 0 Å². The van der Waals surface area contributed by atoms with Crippen molar-refractivity contribution in [3.63, 3.8) is 0 Å². The molecular weight excluding hydrogens is 191 g/mol. The van der Waals surface area contributed by atoms with Crippen LogP contribution in [-0.2, 0) is 0 Å². The zero-order valence-corrected chi connectivity index (χ0v) is 9.18. The van der Waals surface area contributed by atoms with Crippen molar-refractivity contribution >= 4 is 0 Å². The monoisotopic (exact) mass is 208 g/mol. The highest BCUT2D eigenvalue weighted by atomic mass is 19.1. The molecule has 15 heavy (non-hydrogen) atoms. The molecule has 0 radical (unpaired) electrons. The molecule has 1 fully saturated rings. The average molecular weight is 208 g/mol. The summed E-state index contributed by atoms with van der Waals surface area (Å²) in [6.07, 6.45) is 2.36. The summed E-state index contributed by atoms with van der Waals surface area (Å²) in [6.45, 7) is 3.98. The number of nitrogens with one attached hydrogen (secondary N) is 1. The first kappa shape index (κ1) is 10.6. The van der Waals surface area contributed by atoms with Crippen molar-refractivity contribution in [1.82, 2.24) is 5.43 Å². The van der Waals surface area contributed by atoms with Gasteiger partial charge in [0.05, 0.1) is 6.04 Å². The summed E-state index contributed by atoms with van der Waals surface area (Å²) in [5, 5.41) is 0. The maximum absolute atomic E-state index is 13.1. The maximum Gasteiger partial charge on any atom is 0.126 e. The molecule has 82 valence electrons. The number of benzene rings is 1. The SMILES string of the molecule is Cc1cc(C(NN)C2(C)CC2)ccc1F. The molecule has 0 aliphatic heterocycles. The average Bonchev–Trinajstić information content (AvgIpc) is 2.92. The van der Waals surface area contributed by atoms with Gasteiger partial charge in [-0.15, -0.1) is 0 Å². The number of nitrogens with two attached hydrogens (primary N) is 1. The van der Waals surface area contributed by atoms with Crippen LogP contribution in [0.3, 0.4) is 0 Å². The van der Waals surface area contributed by atoms with Crippen LogP contribution >= 0.6 is 0 Å². The van der Waals surface area contributed by atoms with Gasteiger partial charge in [-0.2, -0.15) is 0 Å². The van der Waals surface area contributed by atoms with Crippen molar-refractivity contribution in [2.24, 2.45) is 11.3 Å². The Morgan fingerprint density at radius 2 is 2.13 bits per heavy atom. The molecule has 1 aliphatic rings. The summed E-state index contributed by atoms with van der Waals surface area (Å²) in [6, 6.07) is 5.34. The molecule has 0 amide bonds. The molecule has 1 aromatic carbocycles. The predicted octanol–water partition coefficient (Wildman–Crippen LogP) is 2.44. The molecule has 1 saturated carbocycles. The highest BCUT2D eigenvalue weighted by molar-refractivity contribution is 5.29. The smallest absolute Gasteiger partial charge is 0.126 e. The lowest BCUT2D eigenvalue weighted by Crippen LogP contribution is -2.33. The minimum Gasteiger partial charge on any atom is -0.271 e. The van der Waals surface area contributed by atoms with E-state index in [9.17, 15) is 4.39 Å². The minimum atomic E-state index is -0.157. The van der Waals surface area contributed by atoms with Crippen molar-refractivity contribution in [2.45, 2.75) is 32.7 Å². The summed E-state index contributed by atoms with van der Waals surface area (Å²) >= 11 is 0. The highest BCUT2D eigenvalue weighted by Gasteiger charge is 2.45. The third kappa shape index (κ3) is 1.90. The van der Waals surface area contributed by atoms with Gasteiger partial charge in [-0.1, -0.05) is 19.1 Å². The van der Waals surface area contributed by atoms with Gasteiger partial charge in [0.15, 0.2) is 0 Å². The van der Waals surface area contributed by atoms with E-state index < -0.39 is 0 Å². The van der Waals surface area contributed by atoms with Crippen molar-refractivity contribution in [3.05, 3.63) is 35.1 Å². The van der Waals surface area contributed by atoms with E-state index in [4.69, 9.17) is 5.84 Å². The van der Waals surface area contributed by atoms with E-state index in [0.29, 0.717) is 5.56 Å². The Bertz CT molecular complexity index is 372. The van der Waals surface area contributed by atoms with Crippen LogP contribution in [0.25, 0.3) is 0 Å². The van der Waals surface area contributed by atoms with E-state index in [1.54, 1.807) is 6.92 Å². The lowest BCUT2D eigenvalue weighted by Gasteiger charge is -2.23. The molecule has 1 unspecified atom stereocenters. The lowest BCUT2D eigenvalue weighted by atomic mass is 9.91. The summed E-state index contributed by atoms with van der Waals surface area (Å²) in [4.78, 5) is 0. The molecule has 2 nitrogen and oxygen atoms in total. The van der Waals surface area contributed by atoms with Gasteiger partial charge < -0.3 is 0 Å². The Morgan fingerprint density at radius 3 is 2.60 bits per heavy atom. The fourth-order valence-corrected chi connectivity index (χ4v) is 2.03.